The number of halogens is 3. The lowest BCUT2D eigenvalue weighted by atomic mass is 10.1. The van der Waals surface area contributed by atoms with Gasteiger partial charge in [-0.3, -0.25) is 9.67 Å². The predicted molar refractivity (Wildman–Crippen MR) is 63.3 cm³/mol. The van der Waals surface area contributed by atoms with Gasteiger partial charge in [0.25, 0.3) is 0 Å². The van der Waals surface area contributed by atoms with Crippen molar-refractivity contribution in [1.82, 2.24) is 14.8 Å². The van der Waals surface area contributed by atoms with Crippen LogP contribution in [0.3, 0.4) is 0 Å². The summed E-state index contributed by atoms with van der Waals surface area (Å²) in [4.78, 5) is 4.13. The molecule has 0 fully saturated rings. The summed E-state index contributed by atoms with van der Waals surface area (Å²) >= 11 is 0. The summed E-state index contributed by atoms with van der Waals surface area (Å²) in [6.07, 6.45) is -1.62. The quantitative estimate of drug-likeness (QED) is 0.930. The van der Waals surface area contributed by atoms with Gasteiger partial charge in [-0.25, -0.2) is 0 Å². The van der Waals surface area contributed by atoms with Gasteiger partial charge in [-0.15, -0.1) is 0 Å². The summed E-state index contributed by atoms with van der Waals surface area (Å²) in [5, 5.41) is 3.55. The Morgan fingerprint density at radius 3 is 2.47 bits per heavy atom. The molecule has 2 unspecified atom stereocenters. The molecule has 2 rings (SSSR count). The van der Waals surface area contributed by atoms with E-state index >= 15 is 0 Å². The molecule has 0 saturated carbocycles. The maximum Gasteiger partial charge on any atom is 0.435 e. The van der Waals surface area contributed by atoms with Crippen molar-refractivity contribution in [1.29, 1.82) is 0 Å². The van der Waals surface area contributed by atoms with E-state index in [0.29, 0.717) is 5.69 Å². The average Bonchev–Trinajstić information content (AvgIpc) is 2.79. The van der Waals surface area contributed by atoms with Crippen molar-refractivity contribution >= 4 is 0 Å². The van der Waals surface area contributed by atoms with E-state index in [1.807, 2.05) is 0 Å². The van der Waals surface area contributed by atoms with Gasteiger partial charge in [0.1, 0.15) is 6.04 Å². The van der Waals surface area contributed by atoms with Crippen molar-refractivity contribution in [2.75, 3.05) is 0 Å². The van der Waals surface area contributed by atoms with Gasteiger partial charge in [0.15, 0.2) is 5.69 Å². The van der Waals surface area contributed by atoms with Gasteiger partial charge >= 0.3 is 6.18 Å². The Kier molecular flexibility index (Phi) is 3.57. The average molecular weight is 270 g/mol. The van der Waals surface area contributed by atoms with Crippen molar-refractivity contribution in [3.05, 3.63) is 48.0 Å². The molecule has 2 atom stereocenters. The molecule has 0 amide bonds. The Balaban J connectivity index is 2.38. The molecule has 0 bridgehead atoms. The van der Waals surface area contributed by atoms with E-state index in [2.05, 4.69) is 10.1 Å². The van der Waals surface area contributed by atoms with Gasteiger partial charge in [-0.2, -0.15) is 18.3 Å². The minimum absolute atomic E-state index is 0.420. The van der Waals surface area contributed by atoms with Crippen molar-refractivity contribution in [3.8, 4) is 0 Å². The fourth-order valence-electron chi connectivity index (χ4n) is 1.84. The Morgan fingerprint density at radius 1 is 1.26 bits per heavy atom. The first-order chi connectivity index (χ1) is 8.89. The molecule has 19 heavy (non-hydrogen) atoms. The SMILES string of the molecule is CC(N)C(c1ccccn1)n1ccc(C(F)(F)F)n1. The first kappa shape index (κ1) is 13.5. The molecular weight excluding hydrogens is 257 g/mol. The van der Waals surface area contributed by atoms with Gasteiger partial charge in [-0.05, 0) is 25.1 Å². The van der Waals surface area contributed by atoms with Crippen LogP contribution in [0.15, 0.2) is 36.7 Å². The molecule has 2 heterocycles. The number of pyridine rings is 1. The second-order valence-electron chi connectivity index (χ2n) is 4.24. The number of aromatic nitrogens is 3. The zero-order valence-corrected chi connectivity index (χ0v) is 10.2. The molecule has 0 aliphatic carbocycles. The fourth-order valence-corrected chi connectivity index (χ4v) is 1.84. The van der Waals surface area contributed by atoms with Crippen LogP contribution in [0.5, 0.6) is 0 Å². The third-order valence-corrected chi connectivity index (χ3v) is 2.67. The topological polar surface area (TPSA) is 56.7 Å². The Bertz CT molecular complexity index is 533. The molecule has 7 heteroatoms. The van der Waals surface area contributed by atoms with Crippen LogP contribution in [0.25, 0.3) is 0 Å². The highest BCUT2D eigenvalue weighted by Gasteiger charge is 2.34. The maximum atomic E-state index is 12.5. The molecule has 0 aromatic carbocycles. The minimum atomic E-state index is -4.46. The normalized spacial score (nSPS) is 15.2. The van der Waals surface area contributed by atoms with Crippen LogP contribution < -0.4 is 5.73 Å². The Morgan fingerprint density at radius 2 is 2.00 bits per heavy atom. The number of nitrogens with zero attached hydrogens (tertiary/aromatic N) is 3. The second-order valence-corrected chi connectivity index (χ2v) is 4.24. The largest absolute Gasteiger partial charge is 0.435 e. The number of alkyl halides is 3. The first-order valence-electron chi connectivity index (χ1n) is 5.68. The molecule has 0 radical (unpaired) electrons. The van der Waals surface area contributed by atoms with Gasteiger partial charge in [0.05, 0.1) is 5.69 Å². The van der Waals surface area contributed by atoms with Crippen LogP contribution in [0.2, 0.25) is 0 Å². The minimum Gasteiger partial charge on any atom is -0.326 e. The molecule has 0 spiro atoms. The van der Waals surface area contributed by atoms with Crippen LogP contribution in [-0.2, 0) is 6.18 Å². The van der Waals surface area contributed by atoms with Crippen LogP contribution >= 0.6 is 0 Å². The zero-order chi connectivity index (χ0) is 14.0. The number of hydrogen-bond donors (Lipinski definition) is 1. The van der Waals surface area contributed by atoms with E-state index in [4.69, 9.17) is 5.73 Å². The van der Waals surface area contributed by atoms with Gasteiger partial charge < -0.3 is 5.73 Å². The van der Waals surface area contributed by atoms with Crippen molar-refractivity contribution in [3.63, 3.8) is 0 Å². The molecular formula is C12H13F3N4. The highest BCUT2D eigenvalue weighted by molar-refractivity contribution is 5.14. The van der Waals surface area contributed by atoms with E-state index in [1.54, 1.807) is 31.3 Å². The highest BCUT2D eigenvalue weighted by Crippen LogP contribution is 2.29. The lowest BCUT2D eigenvalue weighted by Gasteiger charge is -2.20. The lowest BCUT2D eigenvalue weighted by molar-refractivity contribution is -0.141. The second kappa shape index (κ2) is 5.00. The monoisotopic (exact) mass is 270 g/mol. The molecule has 102 valence electrons. The standard InChI is InChI=1S/C12H13F3N4/c1-8(16)11(9-4-2-3-6-17-9)19-7-5-10(18-19)12(13,14)15/h2-8,11H,16H2,1H3. The molecule has 2 aromatic heterocycles. The predicted octanol–water partition coefficient (Wildman–Crippen LogP) is 2.23. The van der Waals surface area contributed by atoms with Crippen LogP contribution in [-0.4, -0.2) is 20.8 Å². The van der Waals surface area contributed by atoms with Gasteiger partial charge in [0, 0.05) is 18.4 Å². The summed E-state index contributed by atoms with van der Waals surface area (Å²) in [6, 6.07) is 5.17. The first-order valence-corrected chi connectivity index (χ1v) is 5.68. The molecule has 2 N–H and O–H groups in total. The molecule has 2 aromatic rings. The number of rotatable bonds is 3. The summed E-state index contributed by atoms with van der Waals surface area (Å²) < 4.78 is 38.8. The Hall–Kier alpha value is -1.89. The van der Waals surface area contributed by atoms with Crippen molar-refractivity contribution < 1.29 is 13.2 Å². The molecule has 0 saturated heterocycles. The van der Waals surface area contributed by atoms with E-state index in [-0.39, 0.29) is 0 Å². The van der Waals surface area contributed by atoms with E-state index in [9.17, 15) is 13.2 Å². The van der Waals surface area contributed by atoms with Crippen molar-refractivity contribution in [2.45, 2.75) is 25.2 Å². The van der Waals surface area contributed by atoms with E-state index in [0.717, 1.165) is 6.07 Å². The molecule has 0 aliphatic rings. The van der Waals surface area contributed by atoms with Gasteiger partial charge in [-0.1, -0.05) is 6.07 Å². The number of hydrogen-bond acceptors (Lipinski definition) is 3. The van der Waals surface area contributed by atoms with Gasteiger partial charge in [0.2, 0.25) is 0 Å². The maximum absolute atomic E-state index is 12.5. The van der Waals surface area contributed by atoms with E-state index < -0.39 is 24.0 Å². The fraction of sp³-hybridized carbons (Fsp3) is 0.333. The summed E-state index contributed by atoms with van der Waals surface area (Å²) in [5.74, 6) is 0. The smallest absolute Gasteiger partial charge is 0.326 e. The summed E-state index contributed by atoms with van der Waals surface area (Å²) in [6.45, 7) is 1.70. The summed E-state index contributed by atoms with van der Waals surface area (Å²) in [7, 11) is 0. The third kappa shape index (κ3) is 2.93. The van der Waals surface area contributed by atoms with Crippen LogP contribution in [0, 0.1) is 0 Å². The lowest BCUT2D eigenvalue weighted by Crippen LogP contribution is -2.31. The van der Waals surface area contributed by atoms with Crippen LogP contribution in [0.1, 0.15) is 24.4 Å². The molecule has 4 nitrogen and oxygen atoms in total. The third-order valence-electron chi connectivity index (χ3n) is 2.67. The summed E-state index contributed by atoms with van der Waals surface area (Å²) in [5.41, 5.74) is 5.48. The molecule has 0 aliphatic heterocycles. The highest BCUT2D eigenvalue weighted by atomic mass is 19.4. The van der Waals surface area contributed by atoms with Crippen LogP contribution in [0.4, 0.5) is 13.2 Å². The van der Waals surface area contributed by atoms with Crippen molar-refractivity contribution in [2.24, 2.45) is 5.73 Å². The number of nitrogens with two attached hydrogens (primary N) is 1. The zero-order valence-electron chi connectivity index (χ0n) is 10.2. The van der Waals surface area contributed by atoms with E-state index in [1.165, 1.54) is 10.9 Å². The Labute approximate surface area is 108 Å².